The number of benzene rings is 3. The van der Waals surface area contributed by atoms with Gasteiger partial charge in [-0.25, -0.2) is 0 Å². The Hall–Kier alpha value is -2.74. The summed E-state index contributed by atoms with van der Waals surface area (Å²) in [5.41, 5.74) is 2.75. The lowest BCUT2D eigenvalue weighted by Gasteiger charge is -2.25. The summed E-state index contributed by atoms with van der Waals surface area (Å²) in [6, 6.07) is 22.9. The third-order valence-electron chi connectivity index (χ3n) is 4.77. The Kier molecular flexibility index (Phi) is 10.0. The molecule has 0 aliphatic heterocycles. The molecule has 176 valence electrons. The molecule has 0 amide bonds. The summed E-state index contributed by atoms with van der Waals surface area (Å²) in [7, 11) is -0.888. The third kappa shape index (κ3) is 8.61. The van der Waals surface area contributed by atoms with Crippen LogP contribution in [0.2, 0.25) is 13.1 Å². The van der Waals surface area contributed by atoms with Crippen molar-refractivity contribution < 1.29 is 23.9 Å². The molecule has 2 N–H and O–H groups in total. The van der Waals surface area contributed by atoms with Crippen molar-refractivity contribution in [2.24, 2.45) is 0 Å². The van der Waals surface area contributed by atoms with Crippen LogP contribution >= 0.6 is 0 Å². The van der Waals surface area contributed by atoms with E-state index in [9.17, 15) is 0 Å². The molecule has 0 radical (unpaired) electrons. The average Bonchev–Trinajstić information content (AvgIpc) is 2.78. The van der Waals surface area contributed by atoms with E-state index in [-0.39, 0.29) is 5.41 Å². The van der Waals surface area contributed by atoms with E-state index in [0.29, 0.717) is 12.1 Å². The van der Waals surface area contributed by atoms with Crippen molar-refractivity contribution >= 4 is 21.6 Å². The van der Waals surface area contributed by atoms with E-state index in [1.165, 1.54) is 0 Å². The Morgan fingerprint density at radius 2 is 1.39 bits per heavy atom. The second kappa shape index (κ2) is 12.5. The molecule has 0 aliphatic rings. The second-order valence-electron chi connectivity index (χ2n) is 8.97. The Bertz CT molecular complexity index is 973. The van der Waals surface area contributed by atoms with Gasteiger partial charge in [-0.15, -0.1) is 0 Å². The van der Waals surface area contributed by atoms with Gasteiger partial charge in [0.1, 0.15) is 18.1 Å². The molecule has 33 heavy (non-hydrogen) atoms. The molecule has 0 atom stereocenters. The molecule has 0 saturated carbocycles. The lowest BCUT2D eigenvalue weighted by atomic mass is 9.81. The van der Waals surface area contributed by atoms with Crippen LogP contribution in [-0.2, 0) is 12.0 Å². The van der Waals surface area contributed by atoms with Gasteiger partial charge >= 0.3 is 7.12 Å². The van der Waals surface area contributed by atoms with Crippen LogP contribution in [0.25, 0.3) is 0 Å². The Balaban J connectivity index is 0.000000357. The highest BCUT2D eigenvalue weighted by atomic mass is 28.3. The SMILES string of the molecule is COc1cc(OCc2ccccc2)c(C(C)(C)C)cc1O[SiH](C)C.OB(O)c1ccccc1. The first-order chi connectivity index (χ1) is 15.6. The number of hydrogen-bond donors (Lipinski definition) is 2. The zero-order valence-electron chi connectivity index (χ0n) is 20.4. The predicted molar refractivity (Wildman–Crippen MR) is 138 cm³/mol. The van der Waals surface area contributed by atoms with Crippen LogP contribution < -0.4 is 19.4 Å². The van der Waals surface area contributed by atoms with E-state index in [4.69, 9.17) is 23.9 Å². The summed E-state index contributed by atoms with van der Waals surface area (Å²) in [6.07, 6.45) is 0. The van der Waals surface area contributed by atoms with Gasteiger partial charge in [-0.2, -0.15) is 0 Å². The molecule has 0 bridgehead atoms. The highest BCUT2D eigenvalue weighted by Crippen LogP contribution is 2.41. The minimum Gasteiger partial charge on any atom is -0.544 e. The molecule has 7 heteroatoms. The maximum atomic E-state index is 8.58. The van der Waals surface area contributed by atoms with Gasteiger partial charge in [0.2, 0.25) is 9.04 Å². The van der Waals surface area contributed by atoms with Crippen LogP contribution in [0.4, 0.5) is 0 Å². The second-order valence-corrected chi connectivity index (χ2v) is 11.3. The molecule has 0 saturated heterocycles. The first-order valence-corrected chi connectivity index (χ1v) is 13.9. The van der Waals surface area contributed by atoms with Crippen LogP contribution in [0, 0.1) is 0 Å². The van der Waals surface area contributed by atoms with Crippen LogP contribution in [0.1, 0.15) is 31.9 Å². The first kappa shape index (κ1) is 26.5. The number of hydrogen-bond acceptors (Lipinski definition) is 5. The maximum Gasteiger partial charge on any atom is 0.488 e. The number of methoxy groups -OCH3 is 1. The Morgan fingerprint density at radius 3 is 1.85 bits per heavy atom. The topological polar surface area (TPSA) is 68.2 Å². The van der Waals surface area contributed by atoms with E-state index in [2.05, 4.69) is 52.1 Å². The largest absolute Gasteiger partial charge is 0.544 e. The van der Waals surface area contributed by atoms with Crippen molar-refractivity contribution in [2.75, 3.05) is 7.11 Å². The van der Waals surface area contributed by atoms with Crippen molar-refractivity contribution in [3.63, 3.8) is 0 Å². The zero-order valence-corrected chi connectivity index (χ0v) is 21.6. The molecule has 0 aromatic heterocycles. The van der Waals surface area contributed by atoms with Gasteiger partial charge in [-0.1, -0.05) is 81.4 Å². The summed E-state index contributed by atoms with van der Waals surface area (Å²) in [4.78, 5) is 0. The molecule has 5 nitrogen and oxygen atoms in total. The summed E-state index contributed by atoms with van der Waals surface area (Å²) in [5.74, 6) is 2.39. The average molecular weight is 466 g/mol. The Labute approximate surface area is 199 Å². The zero-order chi connectivity index (χ0) is 24.4. The fourth-order valence-electron chi connectivity index (χ4n) is 3.11. The van der Waals surface area contributed by atoms with Crippen molar-refractivity contribution in [2.45, 2.75) is 45.9 Å². The van der Waals surface area contributed by atoms with E-state index in [1.807, 2.05) is 30.3 Å². The van der Waals surface area contributed by atoms with Gasteiger partial charge < -0.3 is 23.9 Å². The van der Waals surface area contributed by atoms with Gasteiger partial charge in [0.05, 0.1) is 7.11 Å². The number of ether oxygens (including phenoxy) is 2. The standard InChI is InChI=1S/C20H28O3Si.C6H7BO2/c1-20(2,3)16-12-19(23-24(5)6)18(21-4)13-17(16)22-14-15-10-8-7-9-11-15;8-7(9)6-4-2-1-3-5-6/h7-13,24H,14H2,1-6H3;1-5,8-9H. The first-order valence-electron chi connectivity index (χ1n) is 11.1. The van der Waals surface area contributed by atoms with Gasteiger partial charge in [0, 0.05) is 11.6 Å². The van der Waals surface area contributed by atoms with Crippen molar-refractivity contribution in [1.29, 1.82) is 0 Å². The fourth-order valence-corrected chi connectivity index (χ4v) is 3.80. The van der Waals surface area contributed by atoms with Crippen molar-refractivity contribution in [3.8, 4) is 17.2 Å². The van der Waals surface area contributed by atoms with E-state index < -0.39 is 16.2 Å². The highest BCUT2D eigenvalue weighted by Gasteiger charge is 2.23. The monoisotopic (exact) mass is 466 g/mol. The lowest BCUT2D eigenvalue weighted by Crippen LogP contribution is -2.29. The van der Waals surface area contributed by atoms with Crippen LogP contribution in [0.5, 0.6) is 17.2 Å². The summed E-state index contributed by atoms with van der Waals surface area (Å²) >= 11 is 0. The molecule has 3 rings (SSSR count). The van der Waals surface area contributed by atoms with Crippen molar-refractivity contribution in [1.82, 2.24) is 0 Å². The summed E-state index contributed by atoms with van der Waals surface area (Å²) < 4.78 is 17.7. The molecule has 0 heterocycles. The van der Waals surface area contributed by atoms with Crippen LogP contribution in [0.15, 0.2) is 72.8 Å². The van der Waals surface area contributed by atoms with Gasteiger partial charge in [-0.3, -0.25) is 0 Å². The highest BCUT2D eigenvalue weighted by molar-refractivity contribution is 6.58. The molecular formula is C26H35BO5Si. The minimum atomic E-state index is -1.34. The quantitative estimate of drug-likeness (QED) is 0.509. The summed E-state index contributed by atoms with van der Waals surface area (Å²) in [5, 5.41) is 17.2. The van der Waals surface area contributed by atoms with E-state index in [1.54, 1.807) is 31.4 Å². The van der Waals surface area contributed by atoms with E-state index in [0.717, 1.165) is 28.4 Å². The third-order valence-corrected chi connectivity index (χ3v) is 5.50. The smallest absolute Gasteiger partial charge is 0.488 e. The fraction of sp³-hybridized carbons (Fsp3) is 0.308. The molecule has 0 spiro atoms. The normalized spacial score (nSPS) is 10.8. The van der Waals surface area contributed by atoms with Crippen LogP contribution in [-0.4, -0.2) is 33.3 Å². The Morgan fingerprint density at radius 1 is 0.818 bits per heavy atom. The van der Waals surface area contributed by atoms with Gasteiger partial charge in [0.25, 0.3) is 0 Å². The predicted octanol–water partition coefficient (Wildman–Crippen LogP) is 4.30. The molecule has 3 aromatic carbocycles. The molecule has 0 unspecified atom stereocenters. The van der Waals surface area contributed by atoms with Crippen LogP contribution in [0.3, 0.4) is 0 Å². The minimum absolute atomic E-state index is 0.0467. The number of rotatable bonds is 7. The van der Waals surface area contributed by atoms with Crippen molar-refractivity contribution in [3.05, 3.63) is 83.9 Å². The summed E-state index contributed by atoms with van der Waals surface area (Å²) in [6.45, 7) is 11.4. The van der Waals surface area contributed by atoms with Gasteiger partial charge in [-0.05, 0) is 35.6 Å². The lowest BCUT2D eigenvalue weighted by molar-refractivity contribution is 0.293. The molecule has 3 aromatic rings. The van der Waals surface area contributed by atoms with Gasteiger partial charge in [0.15, 0.2) is 5.75 Å². The maximum absolute atomic E-state index is 8.58. The van der Waals surface area contributed by atoms with E-state index >= 15 is 0 Å². The molecular weight excluding hydrogens is 431 g/mol. The molecule has 0 aliphatic carbocycles. The molecule has 0 fully saturated rings.